The van der Waals surface area contributed by atoms with E-state index in [1.54, 1.807) is 30.7 Å². The molecule has 178 valence electrons. The summed E-state index contributed by atoms with van der Waals surface area (Å²) in [5, 5.41) is 0.460. The number of hydrogen-bond acceptors (Lipinski definition) is 6. The Morgan fingerprint density at radius 2 is 1.86 bits per heavy atom. The van der Waals surface area contributed by atoms with Gasteiger partial charge in [0, 0.05) is 25.9 Å². The summed E-state index contributed by atoms with van der Waals surface area (Å²) in [4.78, 5) is 30.3. The van der Waals surface area contributed by atoms with Crippen LogP contribution in [-0.2, 0) is 20.6 Å². The normalized spacial score (nSPS) is 12.7. The van der Waals surface area contributed by atoms with Crippen molar-refractivity contribution in [1.29, 1.82) is 0 Å². The highest BCUT2D eigenvalue weighted by molar-refractivity contribution is 6.32. The summed E-state index contributed by atoms with van der Waals surface area (Å²) in [6.07, 6.45) is 1.83. The van der Waals surface area contributed by atoms with E-state index in [-0.39, 0.29) is 6.79 Å². The van der Waals surface area contributed by atoms with Crippen LogP contribution in [0.15, 0.2) is 52.2 Å². The van der Waals surface area contributed by atoms with Crippen molar-refractivity contribution in [3.8, 4) is 28.5 Å². The standard InChI is InChI=1S/C24H20ClN5O5/c1-27-21-20(22(31)28(2)24(27)32)30-11-16(14-5-7-17(33-3)15(25)9-14)29(23(30)26-21)10-13-4-6-18-19(8-13)35-12-34-18/h4-9,11H,10,12H2,1-3H3. The van der Waals surface area contributed by atoms with Gasteiger partial charge >= 0.3 is 5.69 Å². The molecule has 5 aromatic rings. The molecule has 2 aromatic carbocycles. The Kier molecular flexibility index (Phi) is 4.68. The summed E-state index contributed by atoms with van der Waals surface area (Å²) >= 11 is 6.43. The SMILES string of the molecule is COc1ccc(-c2cn3c4c(=O)n(C)c(=O)n(C)c4nc3n2Cc2ccc3c(c2)OCO3)cc1Cl. The van der Waals surface area contributed by atoms with Crippen molar-refractivity contribution in [2.75, 3.05) is 13.9 Å². The Labute approximate surface area is 203 Å². The molecule has 0 N–H and O–H groups in total. The smallest absolute Gasteiger partial charge is 0.332 e. The van der Waals surface area contributed by atoms with Gasteiger partial charge in [0.15, 0.2) is 22.7 Å². The van der Waals surface area contributed by atoms with Gasteiger partial charge in [-0.15, -0.1) is 0 Å². The van der Waals surface area contributed by atoms with Gasteiger partial charge in [-0.25, -0.2) is 4.79 Å². The second-order valence-electron chi connectivity index (χ2n) is 8.30. The molecule has 0 spiro atoms. The first-order valence-electron chi connectivity index (χ1n) is 10.8. The molecule has 0 aliphatic carbocycles. The fraction of sp³-hybridized carbons (Fsp3) is 0.208. The highest BCUT2D eigenvalue weighted by Gasteiger charge is 2.22. The molecule has 0 unspecified atom stereocenters. The van der Waals surface area contributed by atoms with Gasteiger partial charge in [-0.1, -0.05) is 17.7 Å². The second-order valence-corrected chi connectivity index (χ2v) is 8.70. The zero-order valence-electron chi connectivity index (χ0n) is 19.1. The summed E-state index contributed by atoms with van der Waals surface area (Å²) in [7, 11) is 4.61. The molecular weight excluding hydrogens is 474 g/mol. The molecule has 0 amide bonds. The molecule has 35 heavy (non-hydrogen) atoms. The number of rotatable bonds is 4. The van der Waals surface area contributed by atoms with Crippen molar-refractivity contribution in [3.63, 3.8) is 0 Å². The van der Waals surface area contributed by atoms with Crippen molar-refractivity contribution >= 4 is 28.5 Å². The lowest BCUT2D eigenvalue weighted by molar-refractivity contribution is 0.174. The number of methoxy groups -OCH3 is 1. The molecule has 0 fully saturated rings. The van der Waals surface area contributed by atoms with Crippen LogP contribution in [0.2, 0.25) is 5.02 Å². The maximum atomic E-state index is 13.1. The summed E-state index contributed by atoms with van der Waals surface area (Å²) in [6.45, 7) is 0.606. The van der Waals surface area contributed by atoms with Crippen LogP contribution < -0.4 is 25.5 Å². The quantitative estimate of drug-likeness (QED) is 0.382. The number of fused-ring (bicyclic) bond motifs is 4. The first-order chi connectivity index (χ1) is 16.9. The molecule has 0 saturated heterocycles. The van der Waals surface area contributed by atoms with Crippen LogP contribution in [0.1, 0.15) is 5.56 Å². The van der Waals surface area contributed by atoms with Gasteiger partial charge in [0.25, 0.3) is 5.56 Å². The van der Waals surface area contributed by atoms with Gasteiger partial charge in [0.1, 0.15) is 5.75 Å². The van der Waals surface area contributed by atoms with E-state index in [9.17, 15) is 9.59 Å². The monoisotopic (exact) mass is 493 g/mol. The fourth-order valence-corrected chi connectivity index (χ4v) is 4.71. The van der Waals surface area contributed by atoms with Crippen LogP contribution in [0, 0.1) is 0 Å². The van der Waals surface area contributed by atoms with Crippen molar-refractivity contribution in [3.05, 3.63) is 74.0 Å². The average Bonchev–Trinajstić information content (AvgIpc) is 3.55. The molecule has 0 saturated carbocycles. The lowest BCUT2D eigenvalue weighted by Gasteiger charge is -2.11. The zero-order valence-corrected chi connectivity index (χ0v) is 19.9. The van der Waals surface area contributed by atoms with Crippen molar-refractivity contribution in [1.82, 2.24) is 23.1 Å². The third-order valence-electron chi connectivity index (χ3n) is 6.28. The lowest BCUT2D eigenvalue weighted by atomic mass is 10.1. The third-order valence-corrected chi connectivity index (χ3v) is 6.58. The summed E-state index contributed by atoms with van der Waals surface area (Å²) in [5.41, 5.74) is 2.32. The van der Waals surface area contributed by atoms with Crippen LogP contribution in [-0.4, -0.2) is 37.0 Å². The molecule has 1 aliphatic heterocycles. The van der Waals surface area contributed by atoms with E-state index in [0.717, 1.165) is 21.4 Å². The first-order valence-corrected chi connectivity index (χ1v) is 11.1. The summed E-state index contributed by atoms with van der Waals surface area (Å²) in [5.74, 6) is 2.43. The molecule has 11 heteroatoms. The van der Waals surface area contributed by atoms with Crippen molar-refractivity contribution in [2.45, 2.75) is 6.54 Å². The van der Waals surface area contributed by atoms with Gasteiger partial charge in [-0.3, -0.25) is 18.3 Å². The number of imidazole rings is 2. The van der Waals surface area contributed by atoms with Crippen molar-refractivity contribution < 1.29 is 14.2 Å². The van der Waals surface area contributed by atoms with E-state index in [1.807, 2.05) is 35.0 Å². The number of nitrogens with zero attached hydrogens (tertiary/aromatic N) is 5. The molecule has 6 rings (SSSR count). The van der Waals surface area contributed by atoms with E-state index in [1.165, 1.54) is 11.6 Å². The number of ether oxygens (including phenoxy) is 3. The minimum atomic E-state index is -0.437. The topological polar surface area (TPSA) is 93.9 Å². The molecule has 3 aromatic heterocycles. The number of aromatic nitrogens is 5. The number of benzene rings is 2. The maximum absolute atomic E-state index is 13.1. The van der Waals surface area contributed by atoms with Gasteiger partial charge < -0.3 is 18.8 Å². The molecule has 10 nitrogen and oxygen atoms in total. The maximum Gasteiger partial charge on any atom is 0.332 e. The molecule has 0 bridgehead atoms. The van der Waals surface area contributed by atoms with Crippen molar-refractivity contribution in [2.24, 2.45) is 14.1 Å². The van der Waals surface area contributed by atoms with Gasteiger partial charge in [-0.05, 0) is 35.9 Å². The van der Waals surface area contributed by atoms with Crippen LogP contribution in [0.25, 0.3) is 28.2 Å². The Morgan fingerprint density at radius 3 is 2.63 bits per heavy atom. The Balaban J connectivity index is 1.63. The summed E-state index contributed by atoms with van der Waals surface area (Å²) in [6, 6.07) is 11.2. The number of aryl methyl sites for hydroxylation is 1. The molecule has 4 heterocycles. The molecule has 0 atom stereocenters. The number of hydrogen-bond donors (Lipinski definition) is 0. The van der Waals surface area contributed by atoms with Gasteiger partial charge in [0.05, 0.1) is 24.4 Å². The van der Waals surface area contributed by atoms with E-state index in [2.05, 4.69) is 0 Å². The van der Waals surface area contributed by atoms with E-state index in [0.29, 0.717) is 45.8 Å². The Morgan fingerprint density at radius 1 is 1.06 bits per heavy atom. The second kappa shape index (κ2) is 7.67. The average molecular weight is 494 g/mol. The third kappa shape index (κ3) is 3.13. The van der Waals surface area contributed by atoms with Gasteiger partial charge in [0.2, 0.25) is 12.6 Å². The Hall–Kier alpha value is -4.18. The number of halogens is 1. The predicted octanol–water partition coefficient (Wildman–Crippen LogP) is 2.79. The zero-order chi connectivity index (χ0) is 24.4. The molecule has 1 aliphatic rings. The fourth-order valence-electron chi connectivity index (χ4n) is 4.45. The van der Waals surface area contributed by atoms with Crippen LogP contribution in [0.5, 0.6) is 17.2 Å². The minimum Gasteiger partial charge on any atom is -0.495 e. The summed E-state index contributed by atoms with van der Waals surface area (Å²) < 4.78 is 22.4. The van der Waals surface area contributed by atoms with E-state index < -0.39 is 11.2 Å². The Bertz CT molecular complexity index is 1780. The van der Waals surface area contributed by atoms with Crippen LogP contribution in [0.4, 0.5) is 0 Å². The van der Waals surface area contributed by atoms with E-state index in [4.69, 9.17) is 30.8 Å². The van der Waals surface area contributed by atoms with E-state index >= 15 is 0 Å². The van der Waals surface area contributed by atoms with Crippen LogP contribution >= 0.6 is 11.6 Å². The molecular formula is C24H20ClN5O5. The predicted molar refractivity (Wildman–Crippen MR) is 130 cm³/mol. The van der Waals surface area contributed by atoms with Crippen LogP contribution in [0.3, 0.4) is 0 Å². The minimum absolute atomic E-state index is 0.186. The highest BCUT2D eigenvalue weighted by atomic mass is 35.5. The largest absolute Gasteiger partial charge is 0.495 e. The lowest BCUT2D eigenvalue weighted by Crippen LogP contribution is -2.37. The van der Waals surface area contributed by atoms with Gasteiger partial charge in [-0.2, -0.15) is 4.98 Å². The highest BCUT2D eigenvalue weighted by Crippen LogP contribution is 2.35. The first kappa shape index (κ1) is 21.4. The molecule has 0 radical (unpaired) electrons.